The number of aliphatic imine (C=N–C) groups is 1. The van der Waals surface area contributed by atoms with Gasteiger partial charge in [-0.05, 0) is 42.4 Å². The van der Waals surface area contributed by atoms with Crippen molar-refractivity contribution in [3.05, 3.63) is 71.9 Å². The molecule has 3 aromatic rings. The number of rotatable bonds is 17. The van der Waals surface area contributed by atoms with Crippen LogP contribution in [0.25, 0.3) is 10.9 Å². The highest BCUT2D eigenvalue weighted by atomic mass is 16.4. The number of hydrogen-bond acceptors (Lipinski definition) is 6. The van der Waals surface area contributed by atoms with Crippen LogP contribution in [0, 0.1) is 5.92 Å². The topological polar surface area (TPSA) is 231 Å². The molecule has 0 bridgehead atoms. The third-order valence-electron chi connectivity index (χ3n) is 7.27. The smallest absolute Gasteiger partial charge is 0.326 e. The number of nitrogens with zero attached hydrogens (tertiary/aromatic N) is 1. The van der Waals surface area contributed by atoms with Crippen molar-refractivity contribution in [3.8, 4) is 0 Å². The van der Waals surface area contributed by atoms with E-state index in [1.807, 2.05) is 68.4 Å². The van der Waals surface area contributed by atoms with Crippen molar-refractivity contribution >= 4 is 40.6 Å². The number of para-hydroxylation sites is 1. The minimum atomic E-state index is -1.24. The summed E-state index contributed by atoms with van der Waals surface area (Å²) in [4.78, 5) is 59.3. The van der Waals surface area contributed by atoms with E-state index < -0.39 is 47.9 Å². The molecule has 0 saturated heterocycles. The summed E-state index contributed by atoms with van der Waals surface area (Å²) in [5.74, 6) is -3.04. The number of H-pyrrole nitrogens is 1. The number of carboxylic acids is 1. The first-order chi connectivity index (χ1) is 21.4. The van der Waals surface area contributed by atoms with Crippen LogP contribution in [0.1, 0.15) is 44.2 Å². The van der Waals surface area contributed by atoms with Crippen LogP contribution in [-0.4, -0.2) is 70.5 Å². The van der Waals surface area contributed by atoms with E-state index in [4.69, 9.17) is 17.2 Å². The van der Waals surface area contributed by atoms with E-state index in [0.29, 0.717) is 13.0 Å². The molecule has 1 heterocycles. The number of aromatic nitrogens is 1. The molecule has 1 aromatic heterocycles. The van der Waals surface area contributed by atoms with E-state index >= 15 is 0 Å². The van der Waals surface area contributed by atoms with Crippen LogP contribution in [0.2, 0.25) is 0 Å². The third-order valence-corrected chi connectivity index (χ3v) is 7.27. The number of benzene rings is 2. The lowest BCUT2D eigenvalue weighted by Gasteiger charge is -2.26. The van der Waals surface area contributed by atoms with Crippen LogP contribution in [0.15, 0.2) is 65.8 Å². The average molecular weight is 621 g/mol. The van der Waals surface area contributed by atoms with E-state index in [-0.39, 0.29) is 37.6 Å². The van der Waals surface area contributed by atoms with Gasteiger partial charge in [-0.1, -0.05) is 62.4 Å². The molecule has 242 valence electrons. The Balaban J connectivity index is 1.74. The van der Waals surface area contributed by atoms with Gasteiger partial charge in [0.2, 0.25) is 17.7 Å². The summed E-state index contributed by atoms with van der Waals surface area (Å²) in [6.07, 6.45) is 2.90. The molecule has 0 aliphatic rings. The fraction of sp³-hybridized carbons (Fsp3) is 0.406. The van der Waals surface area contributed by atoms with E-state index in [1.165, 1.54) is 0 Å². The molecular weight excluding hydrogens is 576 g/mol. The number of nitrogens with two attached hydrogens (primary N) is 3. The zero-order valence-corrected chi connectivity index (χ0v) is 25.7. The largest absolute Gasteiger partial charge is 0.480 e. The fourth-order valence-electron chi connectivity index (χ4n) is 4.96. The maximum atomic E-state index is 13.6. The molecule has 2 aromatic carbocycles. The van der Waals surface area contributed by atoms with Gasteiger partial charge in [-0.25, -0.2) is 4.79 Å². The second kappa shape index (κ2) is 16.8. The zero-order chi connectivity index (χ0) is 32.9. The minimum absolute atomic E-state index is 0.0150. The molecule has 0 radical (unpaired) electrons. The van der Waals surface area contributed by atoms with Gasteiger partial charge in [-0.3, -0.25) is 19.4 Å². The predicted octanol–water partition coefficient (Wildman–Crippen LogP) is 0.919. The van der Waals surface area contributed by atoms with E-state index in [2.05, 4.69) is 25.9 Å². The lowest BCUT2D eigenvalue weighted by atomic mass is 9.99. The number of carbonyl (C=O) groups excluding carboxylic acids is 3. The van der Waals surface area contributed by atoms with Crippen molar-refractivity contribution in [3.63, 3.8) is 0 Å². The molecule has 45 heavy (non-hydrogen) atoms. The number of carbonyl (C=O) groups is 4. The second-order valence-corrected chi connectivity index (χ2v) is 11.5. The summed E-state index contributed by atoms with van der Waals surface area (Å²) >= 11 is 0. The molecule has 4 unspecified atom stereocenters. The Bertz CT molecular complexity index is 1470. The van der Waals surface area contributed by atoms with Crippen molar-refractivity contribution < 1.29 is 24.3 Å². The van der Waals surface area contributed by atoms with Crippen LogP contribution >= 0.6 is 0 Å². The number of nitrogens with one attached hydrogen (secondary N) is 4. The summed E-state index contributed by atoms with van der Waals surface area (Å²) in [6, 6.07) is 12.3. The fourth-order valence-corrected chi connectivity index (χ4v) is 4.96. The molecule has 3 rings (SSSR count). The third kappa shape index (κ3) is 10.9. The Kier molecular flexibility index (Phi) is 12.9. The lowest BCUT2D eigenvalue weighted by Crippen LogP contribution is -2.58. The molecule has 0 spiro atoms. The molecule has 0 fully saturated rings. The summed E-state index contributed by atoms with van der Waals surface area (Å²) < 4.78 is 0. The standard InChI is InChI=1S/C32H44N8O5/c1-19(2)15-25(29(42)40-27(31(44)45)17-21-18-37-24-13-7-6-11-22(21)24)39-30(43)26(16-20-9-4-3-5-10-20)38-28(41)23(33)12-8-14-36-32(34)35/h3-7,9-11,13,18-19,23,25-27,37H,8,12,14-17,33H2,1-2H3,(H,38,41)(H,39,43)(H,40,42)(H,44,45)(H4,34,35,36). The summed E-state index contributed by atoms with van der Waals surface area (Å²) in [6.45, 7) is 4.08. The van der Waals surface area contributed by atoms with Gasteiger partial charge in [0.1, 0.15) is 18.1 Å². The van der Waals surface area contributed by atoms with Gasteiger partial charge in [-0.15, -0.1) is 0 Å². The molecular formula is C32H44N8O5. The van der Waals surface area contributed by atoms with E-state index in [1.54, 1.807) is 6.20 Å². The Hall–Kier alpha value is -4.91. The maximum Gasteiger partial charge on any atom is 0.326 e. The van der Waals surface area contributed by atoms with Crippen molar-refractivity contribution in [2.45, 2.75) is 70.1 Å². The molecule has 4 atom stereocenters. The monoisotopic (exact) mass is 620 g/mol. The number of fused-ring (bicyclic) bond motifs is 1. The number of carboxylic acid groups (broad SMARTS) is 1. The van der Waals surface area contributed by atoms with Gasteiger partial charge in [0, 0.05) is 36.5 Å². The van der Waals surface area contributed by atoms with Gasteiger partial charge in [-0.2, -0.15) is 0 Å². The highest BCUT2D eigenvalue weighted by Crippen LogP contribution is 2.19. The molecule has 11 N–H and O–H groups in total. The second-order valence-electron chi connectivity index (χ2n) is 11.5. The predicted molar refractivity (Wildman–Crippen MR) is 173 cm³/mol. The van der Waals surface area contributed by atoms with Crippen molar-refractivity contribution in [1.82, 2.24) is 20.9 Å². The van der Waals surface area contributed by atoms with Crippen LogP contribution in [-0.2, 0) is 32.0 Å². The number of guanidine groups is 1. The number of aromatic amines is 1. The van der Waals surface area contributed by atoms with Gasteiger partial charge < -0.3 is 43.2 Å². The van der Waals surface area contributed by atoms with Crippen LogP contribution in [0.3, 0.4) is 0 Å². The van der Waals surface area contributed by atoms with Gasteiger partial charge in [0.05, 0.1) is 6.04 Å². The molecule has 13 nitrogen and oxygen atoms in total. The Labute approximate surface area is 262 Å². The summed E-state index contributed by atoms with van der Waals surface area (Å²) in [5, 5.41) is 18.9. The number of aliphatic carboxylic acids is 1. The maximum absolute atomic E-state index is 13.6. The number of amides is 3. The zero-order valence-electron chi connectivity index (χ0n) is 25.7. The van der Waals surface area contributed by atoms with Crippen molar-refractivity contribution in [2.75, 3.05) is 6.54 Å². The van der Waals surface area contributed by atoms with Gasteiger partial charge in [0.15, 0.2) is 5.96 Å². The molecule has 3 amide bonds. The summed E-state index contributed by atoms with van der Waals surface area (Å²) in [7, 11) is 0. The summed E-state index contributed by atoms with van der Waals surface area (Å²) in [5.41, 5.74) is 19.1. The Morgan fingerprint density at radius 1 is 0.844 bits per heavy atom. The normalized spacial score (nSPS) is 13.8. The van der Waals surface area contributed by atoms with E-state index in [9.17, 15) is 24.3 Å². The van der Waals surface area contributed by atoms with Crippen molar-refractivity contribution in [1.29, 1.82) is 0 Å². The highest BCUT2D eigenvalue weighted by Gasteiger charge is 2.31. The van der Waals surface area contributed by atoms with Crippen LogP contribution in [0.4, 0.5) is 0 Å². The van der Waals surface area contributed by atoms with Gasteiger partial charge in [0.25, 0.3) is 0 Å². The highest BCUT2D eigenvalue weighted by molar-refractivity contribution is 5.94. The molecule has 13 heteroatoms. The first-order valence-electron chi connectivity index (χ1n) is 15.0. The minimum Gasteiger partial charge on any atom is -0.480 e. The molecule has 0 aliphatic carbocycles. The Morgan fingerprint density at radius 2 is 1.47 bits per heavy atom. The van der Waals surface area contributed by atoms with Crippen molar-refractivity contribution in [2.24, 2.45) is 28.1 Å². The molecule has 0 saturated carbocycles. The Morgan fingerprint density at radius 3 is 2.13 bits per heavy atom. The van der Waals surface area contributed by atoms with Crippen LogP contribution in [0.5, 0.6) is 0 Å². The average Bonchev–Trinajstić information content (AvgIpc) is 3.40. The SMILES string of the molecule is CC(C)CC(NC(=O)C(Cc1ccccc1)NC(=O)C(N)CCCN=C(N)N)C(=O)NC(Cc1c[nH]c2ccccc12)C(=O)O. The quantitative estimate of drug-likeness (QED) is 0.0613. The van der Waals surface area contributed by atoms with Gasteiger partial charge >= 0.3 is 5.97 Å². The van der Waals surface area contributed by atoms with E-state index in [0.717, 1.165) is 22.0 Å². The first kappa shape index (κ1) is 34.6. The lowest BCUT2D eigenvalue weighted by molar-refractivity contribution is -0.142. The first-order valence-corrected chi connectivity index (χ1v) is 15.0. The molecule has 0 aliphatic heterocycles. The number of hydrogen-bond donors (Lipinski definition) is 8. The van der Waals surface area contributed by atoms with Crippen LogP contribution < -0.4 is 33.2 Å².